The first-order chi connectivity index (χ1) is 7.68. The molecule has 2 N–H and O–H groups in total. The van der Waals surface area contributed by atoms with Crippen LogP contribution in [-0.2, 0) is 4.43 Å². The van der Waals surface area contributed by atoms with Crippen molar-refractivity contribution < 1.29 is 14.6 Å². The maximum atomic E-state index is 8.71. The van der Waals surface area contributed by atoms with Crippen LogP contribution in [0, 0.1) is 0 Å². The third-order valence-electron chi connectivity index (χ3n) is 3.22. The number of hydrogen-bond donors (Lipinski definition) is 2. The molecule has 0 aliphatic heterocycles. The third kappa shape index (κ3) is 8.27. The van der Waals surface area contributed by atoms with Crippen LogP contribution in [0.5, 0.6) is 0 Å². The van der Waals surface area contributed by atoms with E-state index in [4.69, 9.17) is 14.6 Å². The first kappa shape index (κ1) is 16.1. The molecule has 0 amide bonds. The molecule has 0 aromatic heterocycles. The summed E-state index contributed by atoms with van der Waals surface area (Å²) >= 11 is 0. The molecule has 0 spiro atoms. The van der Waals surface area contributed by atoms with E-state index < -0.39 is 8.32 Å². The average Bonchev–Trinajstić information content (AvgIpc) is 2.31. The summed E-state index contributed by atoms with van der Waals surface area (Å²) < 4.78 is 5.71. The van der Waals surface area contributed by atoms with E-state index >= 15 is 0 Å². The van der Waals surface area contributed by atoms with Crippen molar-refractivity contribution in [3.05, 3.63) is 0 Å². The van der Waals surface area contributed by atoms with E-state index in [1.807, 2.05) is 7.11 Å². The predicted octanol–water partition coefficient (Wildman–Crippen LogP) is 2.53. The fourth-order valence-corrected chi connectivity index (χ4v) is 4.56. The zero-order valence-corrected chi connectivity index (χ0v) is 11.9. The molecule has 4 heteroatoms. The Morgan fingerprint density at radius 1 is 0.812 bits per heavy atom. The van der Waals surface area contributed by atoms with Crippen LogP contribution in [0.1, 0.15) is 38.5 Å². The van der Waals surface area contributed by atoms with Crippen molar-refractivity contribution >= 4 is 8.32 Å². The van der Waals surface area contributed by atoms with Gasteiger partial charge in [0.1, 0.15) is 0 Å². The van der Waals surface area contributed by atoms with Crippen molar-refractivity contribution in [1.29, 1.82) is 0 Å². The largest absolute Gasteiger partial charge is 0.420 e. The first-order valence-corrected chi connectivity index (χ1v) is 9.27. The van der Waals surface area contributed by atoms with Crippen molar-refractivity contribution in [2.45, 2.75) is 57.2 Å². The highest BCUT2D eigenvalue weighted by molar-refractivity contribution is 6.72. The second-order valence-corrected chi connectivity index (χ2v) is 9.03. The van der Waals surface area contributed by atoms with Gasteiger partial charge in [0.2, 0.25) is 0 Å². The van der Waals surface area contributed by atoms with Crippen LogP contribution in [0.15, 0.2) is 0 Å². The Balaban J connectivity index is 3.64. The quantitative estimate of drug-likeness (QED) is 0.436. The second-order valence-electron chi connectivity index (χ2n) is 4.72. The van der Waals surface area contributed by atoms with Gasteiger partial charge in [-0.2, -0.15) is 0 Å². The SMILES string of the molecule is CO[Si](C)(CCCCCO)CCCCCO. The van der Waals surface area contributed by atoms with Crippen molar-refractivity contribution in [3.8, 4) is 0 Å². The smallest absolute Gasteiger partial charge is 0.189 e. The first-order valence-electron chi connectivity index (χ1n) is 6.45. The fourth-order valence-electron chi connectivity index (χ4n) is 1.90. The Hall–Kier alpha value is 0.0969. The molecule has 0 saturated carbocycles. The van der Waals surface area contributed by atoms with E-state index in [0.29, 0.717) is 13.2 Å². The molecule has 0 aromatic rings. The molecule has 16 heavy (non-hydrogen) atoms. The molecule has 0 aliphatic rings. The summed E-state index contributed by atoms with van der Waals surface area (Å²) in [7, 11) is 0.351. The molecule has 0 aliphatic carbocycles. The number of aliphatic hydroxyl groups excluding tert-OH is 2. The van der Waals surface area contributed by atoms with Gasteiger partial charge in [0, 0.05) is 20.3 Å². The Kier molecular flexibility index (Phi) is 10.3. The minimum atomic E-state index is -1.49. The molecule has 0 fully saturated rings. The van der Waals surface area contributed by atoms with Gasteiger partial charge >= 0.3 is 0 Å². The van der Waals surface area contributed by atoms with Gasteiger partial charge in [-0.05, 0) is 31.5 Å². The maximum absolute atomic E-state index is 8.71. The highest BCUT2D eigenvalue weighted by Gasteiger charge is 2.26. The Morgan fingerprint density at radius 3 is 1.56 bits per heavy atom. The van der Waals surface area contributed by atoms with Gasteiger partial charge in [-0.3, -0.25) is 0 Å². The normalized spacial score (nSPS) is 12.0. The van der Waals surface area contributed by atoms with Crippen molar-refractivity contribution in [2.75, 3.05) is 20.3 Å². The van der Waals surface area contributed by atoms with E-state index in [1.165, 1.54) is 24.9 Å². The highest BCUT2D eigenvalue weighted by Crippen LogP contribution is 2.23. The lowest BCUT2D eigenvalue weighted by Gasteiger charge is -2.25. The van der Waals surface area contributed by atoms with E-state index in [9.17, 15) is 0 Å². The number of aliphatic hydroxyl groups is 2. The van der Waals surface area contributed by atoms with E-state index in [2.05, 4.69) is 6.55 Å². The van der Waals surface area contributed by atoms with Crippen LogP contribution in [0.25, 0.3) is 0 Å². The second kappa shape index (κ2) is 10.3. The zero-order chi connectivity index (χ0) is 12.3. The highest BCUT2D eigenvalue weighted by atomic mass is 28.4. The van der Waals surface area contributed by atoms with Gasteiger partial charge in [-0.1, -0.05) is 25.7 Å². The number of hydrogen-bond acceptors (Lipinski definition) is 3. The molecule has 0 unspecified atom stereocenters. The average molecular weight is 248 g/mol. The van der Waals surface area contributed by atoms with Gasteiger partial charge in [0.25, 0.3) is 0 Å². The summed E-state index contributed by atoms with van der Waals surface area (Å²) in [5, 5.41) is 17.4. The van der Waals surface area contributed by atoms with E-state index in [-0.39, 0.29) is 0 Å². The molecule has 0 atom stereocenters. The zero-order valence-electron chi connectivity index (χ0n) is 10.9. The standard InChI is InChI=1S/C12H28O3Si/c1-15-16(2,11-7-3-5-9-13)12-8-4-6-10-14/h13-14H,3-12H2,1-2H3. The van der Waals surface area contributed by atoms with Crippen LogP contribution in [-0.4, -0.2) is 38.9 Å². The predicted molar refractivity (Wildman–Crippen MR) is 70.1 cm³/mol. The molecular formula is C12H28O3Si. The van der Waals surface area contributed by atoms with Crippen LogP contribution >= 0.6 is 0 Å². The Morgan fingerprint density at radius 2 is 1.25 bits per heavy atom. The van der Waals surface area contributed by atoms with Crippen LogP contribution in [0.3, 0.4) is 0 Å². The molecule has 0 rings (SSSR count). The fraction of sp³-hybridized carbons (Fsp3) is 1.00. The Bertz CT molecular complexity index is 141. The van der Waals surface area contributed by atoms with Crippen molar-refractivity contribution in [2.24, 2.45) is 0 Å². The molecule has 0 bridgehead atoms. The van der Waals surface area contributed by atoms with Crippen LogP contribution in [0.4, 0.5) is 0 Å². The summed E-state index contributed by atoms with van der Waals surface area (Å²) in [6.07, 6.45) is 6.41. The summed E-state index contributed by atoms with van der Waals surface area (Å²) in [4.78, 5) is 0. The monoisotopic (exact) mass is 248 g/mol. The molecule has 98 valence electrons. The molecule has 0 radical (unpaired) electrons. The summed E-state index contributed by atoms with van der Waals surface area (Å²) in [6, 6.07) is 2.39. The van der Waals surface area contributed by atoms with Gasteiger partial charge in [0.05, 0.1) is 0 Å². The molecule has 0 aromatic carbocycles. The van der Waals surface area contributed by atoms with Crippen molar-refractivity contribution in [1.82, 2.24) is 0 Å². The molecule has 0 heterocycles. The Labute approximate surface area is 101 Å². The summed E-state index contributed by atoms with van der Waals surface area (Å²) in [5.41, 5.74) is 0. The molecule has 0 saturated heterocycles. The van der Waals surface area contributed by atoms with E-state index in [0.717, 1.165) is 25.7 Å². The number of unbranched alkanes of at least 4 members (excludes halogenated alkanes) is 4. The van der Waals surface area contributed by atoms with Crippen LogP contribution < -0.4 is 0 Å². The summed E-state index contributed by atoms with van der Waals surface area (Å²) in [6.45, 7) is 2.91. The third-order valence-corrected chi connectivity index (χ3v) is 7.03. The minimum absolute atomic E-state index is 0.307. The lowest BCUT2D eigenvalue weighted by molar-refractivity contribution is 0.282. The lowest BCUT2D eigenvalue weighted by Crippen LogP contribution is -2.32. The molecule has 3 nitrogen and oxygen atoms in total. The minimum Gasteiger partial charge on any atom is -0.420 e. The lowest BCUT2D eigenvalue weighted by atomic mass is 10.3. The van der Waals surface area contributed by atoms with Gasteiger partial charge in [-0.25, -0.2) is 0 Å². The maximum Gasteiger partial charge on any atom is 0.189 e. The summed E-state index contributed by atoms with van der Waals surface area (Å²) in [5.74, 6) is 0. The van der Waals surface area contributed by atoms with Gasteiger partial charge < -0.3 is 14.6 Å². The molecular weight excluding hydrogens is 220 g/mol. The topological polar surface area (TPSA) is 49.7 Å². The van der Waals surface area contributed by atoms with Crippen molar-refractivity contribution in [3.63, 3.8) is 0 Å². The van der Waals surface area contributed by atoms with Crippen LogP contribution in [0.2, 0.25) is 18.6 Å². The number of rotatable bonds is 11. The van der Waals surface area contributed by atoms with Gasteiger partial charge in [0.15, 0.2) is 8.32 Å². The van der Waals surface area contributed by atoms with Gasteiger partial charge in [-0.15, -0.1) is 0 Å². The van der Waals surface area contributed by atoms with E-state index in [1.54, 1.807) is 0 Å².